The van der Waals surface area contributed by atoms with Crippen LogP contribution in [-0.2, 0) is 25.4 Å². The average molecular weight is 423 g/mol. The second kappa shape index (κ2) is 7.28. The van der Waals surface area contributed by atoms with Crippen LogP contribution in [0.3, 0.4) is 0 Å². The summed E-state index contributed by atoms with van der Waals surface area (Å²) in [5.41, 5.74) is -0.868. The zero-order chi connectivity index (χ0) is 21.6. The number of amides is 2. The zero-order valence-electron chi connectivity index (χ0n) is 15.6. The van der Waals surface area contributed by atoms with Crippen LogP contribution in [-0.4, -0.2) is 38.5 Å². The number of fused-ring (bicyclic) bond motifs is 3. The summed E-state index contributed by atoms with van der Waals surface area (Å²) in [5.74, 6) is -5.45. The van der Waals surface area contributed by atoms with Crippen LogP contribution in [0.1, 0.15) is 29.8 Å². The van der Waals surface area contributed by atoms with Gasteiger partial charge in [0.2, 0.25) is 0 Å². The zero-order valence-corrected chi connectivity index (χ0v) is 15.6. The molecular weight excluding hydrogens is 406 g/mol. The maximum absolute atomic E-state index is 14.7. The van der Waals surface area contributed by atoms with E-state index in [0.29, 0.717) is 5.69 Å². The lowest BCUT2D eigenvalue weighted by atomic mass is 10.00. The Bertz CT molecular complexity index is 1060. The van der Waals surface area contributed by atoms with Crippen LogP contribution in [0.15, 0.2) is 12.1 Å². The first kappa shape index (κ1) is 20.2. The summed E-state index contributed by atoms with van der Waals surface area (Å²) in [5, 5.41) is 16.3. The minimum atomic E-state index is -3.20. The molecule has 158 valence electrons. The number of alkyl halides is 2. The maximum atomic E-state index is 14.7. The molecule has 0 radical (unpaired) electrons. The number of benzene rings is 1. The highest BCUT2D eigenvalue weighted by Gasteiger charge is 2.43. The number of nitrogens with zero attached hydrogens (tertiary/aromatic N) is 4. The molecule has 2 amide bonds. The van der Waals surface area contributed by atoms with E-state index in [1.165, 1.54) is 4.90 Å². The Morgan fingerprint density at radius 3 is 2.87 bits per heavy atom. The fourth-order valence-electron chi connectivity index (χ4n) is 3.83. The lowest BCUT2D eigenvalue weighted by Gasteiger charge is -2.28. The Labute approximate surface area is 168 Å². The second-order valence-electron chi connectivity index (χ2n) is 7.32. The molecular formula is C19H17F4N5O2. The number of anilines is 1. The summed E-state index contributed by atoms with van der Waals surface area (Å²) in [6.45, 7) is 6.78. The predicted octanol–water partition coefficient (Wildman–Crippen LogP) is 3.55. The molecule has 2 N–H and O–H groups in total. The van der Waals surface area contributed by atoms with Crippen molar-refractivity contribution < 1.29 is 27.5 Å². The van der Waals surface area contributed by atoms with Gasteiger partial charge in [-0.2, -0.15) is 13.9 Å². The molecule has 2 aromatic rings. The summed E-state index contributed by atoms with van der Waals surface area (Å²) in [6, 6.07) is 1.09. The van der Waals surface area contributed by atoms with Crippen LogP contribution < -0.4 is 5.32 Å². The Morgan fingerprint density at radius 1 is 1.37 bits per heavy atom. The standard InChI is InChI=1S/C19H17F4N5O2/c1-24-16-12(20)2-3-14(15(16)21)25-18(30)27-7-5-13-11(9-27)17-19(22,23)6-4-10(29)8-28(17)26-13/h2-3,10,29H,4-9H2,(H,25,30)/t10-/m0/s1. The van der Waals surface area contributed by atoms with Gasteiger partial charge in [-0.25, -0.2) is 18.4 Å². The van der Waals surface area contributed by atoms with Gasteiger partial charge in [0, 0.05) is 24.9 Å². The molecule has 0 saturated heterocycles. The molecule has 7 nitrogen and oxygen atoms in total. The fraction of sp³-hybridized carbons (Fsp3) is 0.421. The average Bonchev–Trinajstić information content (AvgIpc) is 3.01. The van der Waals surface area contributed by atoms with E-state index < -0.39 is 41.8 Å². The Balaban J connectivity index is 1.60. The van der Waals surface area contributed by atoms with Crippen molar-refractivity contribution in [1.82, 2.24) is 14.7 Å². The van der Waals surface area contributed by atoms with E-state index in [-0.39, 0.29) is 49.4 Å². The Hall–Kier alpha value is -3.13. The van der Waals surface area contributed by atoms with Crippen molar-refractivity contribution in [1.29, 1.82) is 0 Å². The van der Waals surface area contributed by atoms with Gasteiger partial charge in [0.1, 0.15) is 11.5 Å². The largest absolute Gasteiger partial charge is 0.391 e. The van der Waals surface area contributed by atoms with Gasteiger partial charge in [-0.05, 0) is 18.6 Å². The van der Waals surface area contributed by atoms with Crippen molar-refractivity contribution in [3.05, 3.63) is 52.1 Å². The van der Waals surface area contributed by atoms with Gasteiger partial charge >= 0.3 is 6.03 Å². The van der Waals surface area contributed by atoms with E-state index in [4.69, 9.17) is 6.57 Å². The first-order valence-electron chi connectivity index (χ1n) is 9.27. The molecule has 30 heavy (non-hydrogen) atoms. The fourth-order valence-corrected chi connectivity index (χ4v) is 3.83. The maximum Gasteiger partial charge on any atom is 0.322 e. The van der Waals surface area contributed by atoms with Gasteiger partial charge < -0.3 is 15.3 Å². The predicted molar refractivity (Wildman–Crippen MR) is 97.1 cm³/mol. The first-order chi connectivity index (χ1) is 14.2. The quantitative estimate of drug-likeness (QED) is 0.544. The smallest absolute Gasteiger partial charge is 0.322 e. The van der Waals surface area contributed by atoms with Crippen LogP contribution >= 0.6 is 0 Å². The number of nitrogens with one attached hydrogen (secondary N) is 1. The van der Waals surface area contributed by atoms with E-state index in [1.54, 1.807) is 0 Å². The highest BCUT2D eigenvalue weighted by molar-refractivity contribution is 5.90. The summed E-state index contributed by atoms with van der Waals surface area (Å²) >= 11 is 0. The molecule has 1 aromatic carbocycles. The molecule has 0 saturated carbocycles. The molecule has 0 spiro atoms. The lowest BCUT2D eigenvalue weighted by molar-refractivity contribution is -0.0248. The highest BCUT2D eigenvalue weighted by atomic mass is 19.3. The number of aromatic nitrogens is 2. The number of carbonyl (C=O) groups excluding carboxylic acids is 1. The highest BCUT2D eigenvalue weighted by Crippen LogP contribution is 2.40. The van der Waals surface area contributed by atoms with Crippen molar-refractivity contribution >= 4 is 17.4 Å². The third kappa shape index (κ3) is 3.37. The molecule has 1 aromatic heterocycles. The van der Waals surface area contributed by atoms with Gasteiger partial charge in [0.25, 0.3) is 11.6 Å². The van der Waals surface area contributed by atoms with Crippen molar-refractivity contribution in [2.24, 2.45) is 0 Å². The van der Waals surface area contributed by atoms with Crippen LogP contribution in [0.5, 0.6) is 0 Å². The van der Waals surface area contributed by atoms with Gasteiger partial charge in [-0.1, -0.05) is 0 Å². The van der Waals surface area contributed by atoms with Crippen molar-refractivity contribution in [3.8, 4) is 0 Å². The minimum Gasteiger partial charge on any atom is -0.391 e. The van der Waals surface area contributed by atoms with Crippen molar-refractivity contribution in [3.63, 3.8) is 0 Å². The van der Waals surface area contributed by atoms with Crippen LogP contribution in [0.4, 0.5) is 33.7 Å². The topological polar surface area (TPSA) is 74.8 Å². The first-order valence-corrected chi connectivity index (χ1v) is 9.27. The molecule has 0 fully saturated rings. The Kier molecular flexibility index (Phi) is 4.89. The van der Waals surface area contributed by atoms with E-state index >= 15 is 0 Å². The second-order valence-corrected chi connectivity index (χ2v) is 7.32. The van der Waals surface area contributed by atoms with E-state index in [0.717, 1.165) is 16.8 Å². The monoisotopic (exact) mass is 423 g/mol. The Morgan fingerprint density at radius 2 is 2.13 bits per heavy atom. The van der Waals surface area contributed by atoms with Gasteiger partial charge in [-0.15, -0.1) is 0 Å². The van der Waals surface area contributed by atoms with Crippen LogP contribution in [0.2, 0.25) is 0 Å². The van der Waals surface area contributed by atoms with Crippen molar-refractivity contribution in [2.75, 3.05) is 11.9 Å². The molecule has 4 rings (SSSR count). The number of rotatable bonds is 1. The molecule has 2 aliphatic heterocycles. The summed E-state index contributed by atoms with van der Waals surface area (Å²) < 4.78 is 58.2. The third-order valence-corrected chi connectivity index (χ3v) is 5.33. The summed E-state index contributed by atoms with van der Waals surface area (Å²) in [7, 11) is 0. The number of hydrogen-bond donors (Lipinski definition) is 2. The number of carbonyl (C=O) groups is 1. The number of aliphatic hydroxyl groups is 1. The van der Waals surface area contributed by atoms with Gasteiger partial charge in [0.15, 0.2) is 5.82 Å². The summed E-state index contributed by atoms with van der Waals surface area (Å²) in [6.07, 6.45) is -1.31. The third-order valence-electron chi connectivity index (χ3n) is 5.33. The van der Waals surface area contributed by atoms with E-state index in [9.17, 15) is 27.5 Å². The molecule has 1 atom stereocenters. The molecule has 11 heteroatoms. The van der Waals surface area contributed by atoms with Gasteiger partial charge in [-0.3, -0.25) is 4.68 Å². The molecule has 0 aliphatic carbocycles. The number of halogens is 4. The molecule has 0 bridgehead atoms. The van der Waals surface area contributed by atoms with Gasteiger partial charge in [0.05, 0.1) is 37.1 Å². The SMILES string of the molecule is [C-]#[N+]c1c(F)ccc(NC(=O)N2CCc3nn4c(c3C2)C(F)(F)CC[C@H](O)C4)c1F. The number of aliphatic hydroxyl groups excluding tert-OH is 1. The normalized spacial score (nSPS) is 20.0. The van der Waals surface area contributed by atoms with E-state index in [2.05, 4.69) is 15.3 Å². The minimum absolute atomic E-state index is 0.0513. The molecule has 0 unspecified atom stereocenters. The molecule has 3 heterocycles. The number of hydrogen-bond acceptors (Lipinski definition) is 3. The lowest BCUT2D eigenvalue weighted by Crippen LogP contribution is -2.39. The summed E-state index contributed by atoms with van der Waals surface area (Å²) in [4.78, 5) is 16.6. The van der Waals surface area contributed by atoms with Crippen LogP contribution in [0.25, 0.3) is 4.85 Å². The van der Waals surface area contributed by atoms with Crippen LogP contribution in [0, 0.1) is 18.2 Å². The van der Waals surface area contributed by atoms with E-state index in [1.807, 2.05) is 0 Å². The van der Waals surface area contributed by atoms with Crippen molar-refractivity contribution in [2.45, 2.75) is 44.4 Å². The molecule has 2 aliphatic rings. The number of urea groups is 1.